The Morgan fingerprint density at radius 1 is 1.21 bits per heavy atom. The number of nitrogens with zero attached hydrogens (tertiary/aromatic N) is 1. The Hall–Kier alpha value is -1.43. The van der Waals surface area contributed by atoms with Crippen LogP contribution in [0.1, 0.15) is 35.4 Å². The van der Waals surface area contributed by atoms with Crippen LogP contribution in [0.4, 0.5) is 0 Å². The zero-order valence-electron chi connectivity index (χ0n) is 14.7. The maximum Gasteiger partial charge on any atom is 0.167 e. The molecule has 0 aliphatic rings. The summed E-state index contributed by atoms with van der Waals surface area (Å²) in [6.45, 7) is 4.00. The summed E-state index contributed by atoms with van der Waals surface area (Å²) >= 11 is 7.24. The smallest absolute Gasteiger partial charge is 0.167 e. The minimum atomic E-state index is 0.0973. The van der Waals surface area contributed by atoms with E-state index in [1.54, 1.807) is 11.3 Å². The van der Waals surface area contributed by atoms with E-state index in [1.165, 1.54) is 22.4 Å². The largest absolute Gasteiger partial charge is 0.361 e. The van der Waals surface area contributed by atoms with E-state index in [-0.39, 0.29) is 6.04 Å². The highest BCUT2D eigenvalue weighted by atomic mass is 32.1. The molecule has 0 fully saturated rings. The molecule has 2 rings (SSSR count). The van der Waals surface area contributed by atoms with Crippen LogP contribution in [-0.2, 0) is 6.42 Å². The Labute approximate surface area is 155 Å². The van der Waals surface area contributed by atoms with Crippen molar-refractivity contribution >= 4 is 28.7 Å². The van der Waals surface area contributed by atoms with Crippen LogP contribution < -0.4 is 10.6 Å². The predicted octanol–water partition coefficient (Wildman–Crippen LogP) is 3.82. The van der Waals surface area contributed by atoms with Crippen molar-refractivity contribution < 1.29 is 0 Å². The molecule has 1 atom stereocenters. The van der Waals surface area contributed by atoms with E-state index in [1.807, 2.05) is 0 Å². The minimum Gasteiger partial charge on any atom is -0.361 e. The van der Waals surface area contributed by atoms with Crippen molar-refractivity contribution in [1.29, 1.82) is 0 Å². The number of rotatable bonds is 8. The predicted molar refractivity (Wildman–Crippen MR) is 109 cm³/mol. The summed E-state index contributed by atoms with van der Waals surface area (Å²) in [7, 11) is 4.12. The first-order valence-corrected chi connectivity index (χ1v) is 9.70. The number of nitrogens with one attached hydrogen (secondary N) is 2. The van der Waals surface area contributed by atoms with Gasteiger partial charge in [0.2, 0.25) is 0 Å². The van der Waals surface area contributed by atoms with Crippen molar-refractivity contribution in [2.24, 2.45) is 0 Å². The zero-order chi connectivity index (χ0) is 17.4. The van der Waals surface area contributed by atoms with Gasteiger partial charge >= 0.3 is 0 Å². The lowest BCUT2D eigenvalue weighted by molar-refractivity contribution is 0.412. The van der Waals surface area contributed by atoms with E-state index in [2.05, 4.69) is 78.3 Å². The van der Waals surface area contributed by atoms with Crippen molar-refractivity contribution in [3.05, 3.63) is 57.8 Å². The standard InChI is InChI=1S/C19H27N3S2/c1-4-6-15-8-10-16(11-9-15)18(17-7-5-14-24-17)21-19(23)20-12-13-22(2)3/h5,7-11,14,18H,4,6,12-13H2,1-3H3,(H2,20,21,23)/t18-/m1/s1. The maximum atomic E-state index is 5.49. The van der Waals surface area contributed by atoms with Gasteiger partial charge in [-0.25, -0.2) is 0 Å². The Bertz CT molecular complexity index is 606. The monoisotopic (exact) mass is 361 g/mol. The van der Waals surface area contributed by atoms with E-state index >= 15 is 0 Å². The second kappa shape index (κ2) is 9.77. The molecule has 1 aromatic carbocycles. The fourth-order valence-electron chi connectivity index (χ4n) is 2.51. The van der Waals surface area contributed by atoms with Crippen LogP contribution in [0.25, 0.3) is 0 Å². The third-order valence-corrected chi connectivity index (χ3v) is 5.00. The van der Waals surface area contributed by atoms with Gasteiger partial charge in [0, 0.05) is 18.0 Å². The molecular formula is C19H27N3S2. The quantitative estimate of drug-likeness (QED) is 0.699. The first kappa shape index (κ1) is 18.9. The van der Waals surface area contributed by atoms with Crippen molar-refractivity contribution in [1.82, 2.24) is 15.5 Å². The Morgan fingerprint density at radius 3 is 2.54 bits per heavy atom. The van der Waals surface area contributed by atoms with Crippen LogP contribution in [0.3, 0.4) is 0 Å². The van der Waals surface area contributed by atoms with Crippen LogP contribution in [0.2, 0.25) is 0 Å². The molecule has 5 heteroatoms. The van der Waals surface area contributed by atoms with Gasteiger partial charge in [0.25, 0.3) is 0 Å². The average Bonchev–Trinajstić information content (AvgIpc) is 3.08. The number of aryl methyl sites for hydroxylation is 1. The number of thiophene rings is 1. The summed E-state index contributed by atoms with van der Waals surface area (Å²) in [6, 6.07) is 13.2. The lowest BCUT2D eigenvalue weighted by atomic mass is 10.0. The minimum absolute atomic E-state index is 0.0973. The normalized spacial score (nSPS) is 12.2. The van der Waals surface area contributed by atoms with E-state index in [4.69, 9.17) is 12.2 Å². The average molecular weight is 362 g/mol. The molecule has 2 N–H and O–H groups in total. The molecule has 1 aromatic heterocycles. The lowest BCUT2D eigenvalue weighted by Gasteiger charge is -2.21. The zero-order valence-corrected chi connectivity index (χ0v) is 16.3. The maximum absolute atomic E-state index is 5.49. The molecule has 0 spiro atoms. The van der Waals surface area contributed by atoms with Gasteiger partial charge in [-0.15, -0.1) is 11.3 Å². The number of hydrogen-bond donors (Lipinski definition) is 2. The lowest BCUT2D eigenvalue weighted by Crippen LogP contribution is -2.40. The highest BCUT2D eigenvalue weighted by Crippen LogP contribution is 2.26. The molecule has 0 saturated heterocycles. The first-order chi connectivity index (χ1) is 11.6. The SMILES string of the molecule is CCCc1ccc([C@@H](NC(=S)NCCN(C)C)c2cccs2)cc1. The molecule has 2 aromatic rings. The van der Waals surface area contributed by atoms with E-state index < -0.39 is 0 Å². The fraction of sp³-hybridized carbons (Fsp3) is 0.421. The van der Waals surface area contributed by atoms with Gasteiger partial charge in [-0.3, -0.25) is 0 Å². The molecule has 0 unspecified atom stereocenters. The van der Waals surface area contributed by atoms with Gasteiger partial charge in [-0.2, -0.15) is 0 Å². The number of likely N-dealkylation sites (N-methyl/N-ethyl adjacent to an activating group) is 1. The van der Waals surface area contributed by atoms with Gasteiger partial charge in [-0.1, -0.05) is 43.7 Å². The van der Waals surface area contributed by atoms with Gasteiger partial charge in [0.1, 0.15) is 0 Å². The fourth-order valence-corrected chi connectivity index (χ4v) is 3.54. The second-order valence-electron chi connectivity index (χ2n) is 6.14. The third-order valence-electron chi connectivity index (χ3n) is 3.80. The summed E-state index contributed by atoms with van der Waals surface area (Å²) in [5, 5.41) is 9.58. The topological polar surface area (TPSA) is 27.3 Å². The van der Waals surface area contributed by atoms with E-state index in [0.717, 1.165) is 19.5 Å². The summed E-state index contributed by atoms with van der Waals surface area (Å²) < 4.78 is 0. The van der Waals surface area contributed by atoms with Crippen molar-refractivity contribution in [2.75, 3.05) is 27.2 Å². The highest BCUT2D eigenvalue weighted by Gasteiger charge is 2.16. The molecule has 0 bridgehead atoms. The summed E-state index contributed by atoms with van der Waals surface area (Å²) in [4.78, 5) is 3.41. The highest BCUT2D eigenvalue weighted by molar-refractivity contribution is 7.80. The molecule has 0 amide bonds. The van der Waals surface area contributed by atoms with Crippen LogP contribution in [0.5, 0.6) is 0 Å². The number of benzene rings is 1. The van der Waals surface area contributed by atoms with Gasteiger partial charge in [0.15, 0.2) is 5.11 Å². The molecule has 3 nitrogen and oxygen atoms in total. The molecule has 1 heterocycles. The van der Waals surface area contributed by atoms with Gasteiger partial charge < -0.3 is 15.5 Å². The van der Waals surface area contributed by atoms with E-state index in [9.17, 15) is 0 Å². The molecule has 0 saturated carbocycles. The Balaban J connectivity index is 2.06. The van der Waals surface area contributed by atoms with Gasteiger partial charge in [-0.05, 0) is 55.3 Å². The third kappa shape index (κ3) is 5.89. The molecule has 0 radical (unpaired) electrons. The molecule has 130 valence electrons. The van der Waals surface area contributed by atoms with Crippen molar-refractivity contribution in [2.45, 2.75) is 25.8 Å². The molecular weight excluding hydrogens is 334 g/mol. The summed E-state index contributed by atoms with van der Waals surface area (Å²) in [5.74, 6) is 0. The van der Waals surface area contributed by atoms with E-state index in [0.29, 0.717) is 5.11 Å². The summed E-state index contributed by atoms with van der Waals surface area (Å²) in [6.07, 6.45) is 2.30. The Kier molecular flexibility index (Phi) is 7.69. The van der Waals surface area contributed by atoms with Crippen LogP contribution in [0.15, 0.2) is 41.8 Å². The van der Waals surface area contributed by atoms with Crippen LogP contribution >= 0.6 is 23.6 Å². The van der Waals surface area contributed by atoms with Crippen LogP contribution in [0, 0.1) is 0 Å². The Morgan fingerprint density at radius 2 is 1.96 bits per heavy atom. The molecule has 0 aliphatic carbocycles. The number of hydrogen-bond acceptors (Lipinski definition) is 3. The second-order valence-corrected chi connectivity index (χ2v) is 7.53. The first-order valence-electron chi connectivity index (χ1n) is 8.41. The summed E-state index contributed by atoms with van der Waals surface area (Å²) in [5.41, 5.74) is 2.63. The number of thiocarbonyl (C=S) groups is 1. The van der Waals surface area contributed by atoms with Gasteiger partial charge in [0.05, 0.1) is 6.04 Å². The van der Waals surface area contributed by atoms with Crippen LogP contribution in [-0.4, -0.2) is 37.2 Å². The van der Waals surface area contributed by atoms with Crippen molar-refractivity contribution in [3.8, 4) is 0 Å². The molecule has 24 heavy (non-hydrogen) atoms. The van der Waals surface area contributed by atoms with Crippen molar-refractivity contribution in [3.63, 3.8) is 0 Å². The molecule has 0 aliphatic heterocycles.